The quantitative estimate of drug-likeness (QED) is 0.632. The first-order valence-electron chi connectivity index (χ1n) is 5.71. The lowest BCUT2D eigenvalue weighted by Crippen LogP contribution is -2.33. The van der Waals surface area contributed by atoms with Crippen LogP contribution in [0.1, 0.15) is 26.7 Å². The Hall–Kier alpha value is -2.02. The molecule has 1 aromatic rings. The fourth-order valence-electron chi connectivity index (χ4n) is 1.41. The molecule has 1 rings (SSSR count). The number of nitro benzene ring substituents is 1. The SMILES string of the molecule is CC(C)(N)CCC(=O)Nc1cc(F)cc([N+](=O)[O-])c1. The van der Waals surface area contributed by atoms with Gasteiger partial charge in [0.25, 0.3) is 5.69 Å². The summed E-state index contributed by atoms with van der Waals surface area (Å²) in [6, 6.07) is 2.92. The van der Waals surface area contributed by atoms with E-state index in [1.54, 1.807) is 13.8 Å². The Morgan fingerprint density at radius 1 is 1.47 bits per heavy atom. The molecule has 0 aliphatic heterocycles. The third kappa shape index (κ3) is 5.43. The highest BCUT2D eigenvalue weighted by atomic mass is 19.1. The van der Waals surface area contributed by atoms with Gasteiger partial charge in [-0.05, 0) is 26.3 Å². The first kappa shape index (κ1) is 15.0. The average molecular weight is 269 g/mol. The summed E-state index contributed by atoms with van der Waals surface area (Å²) < 4.78 is 13.1. The van der Waals surface area contributed by atoms with Crippen molar-refractivity contribution in [3.05, 3.63) is 34.1 Å². The van der Waals surface area contributed by atoms with E-state index in [2.05, 4.69) is 5.32 Å². The number of benzene rings is 1. The van der Waals surface area contributed by atoms with Crippen LogP contribution in [0.2, 0.25) is 0 Å². The summed E-state index contributed by atoms with van der Waals surface area (Å²) in [5.41, 5.74) is 4.91. The maximum Gasteiger partial charge on any atom is 0.274 e. The smallest absolute Gasteiger partial charge is 0.274 e. The van der Waals surface area contributed by atoms with E-state index in [1.807, 2.05) is 0 Å². The third-order valence-corrected chi connectivity index (χ3v) is 2.37. The van der Waals surface area contributed by atoms with Crippen molar-refractivity contribution in [1.82, 2.24) is 0 Å². The van der Waals surface area contributed by atoms with Gasteiger partial charge < -0.3 is 11.1 Å². The Morgan fingerprint density at radius 2 is 2.11 bits per heavy atom. The van der Waals surface area contributed by atoms with Crippen LogP contribution >= 0.6 is 0 Å². The molecule has 3 N–H and O–H groups in total. The summed E-state index contributed by atoms with van der Waals surface area (Å²) in [6.07, 6.45) is 0.615. The molecule has 0 fully saturated rings. The summed E-state index contributed by atoms with van der Waals surface area (Å²) in [4.78, 5) is 21.4. The highest BCUT2D eigenvalue weighted by molar-refractivity contribution is 5.91. The number of nitrogens with two attached hydrogens (primary N) is 1. The minimum Gasteiger partial charge on any atom is -0.326 e. The fraction of sp³-hybridized carbons (Fsp3) is 0.417. The number of amides is 1. The van der Waals surface area contributed by atoms with Gasteiger partial charge in [0, 0.05) is 18.0 Å². The van der Waals surface area contributed by atoms with E-state index in [-0.39, 0.29) is 18.0 Å². The lowest BCUT2D eigenvalue weighted by molar-refractivity contribution is -0.385. The predicted octanol–water partition coefficient (Wildman–Crippen LogP) is 2.19. The van der Waals surface area contributed by atoms with Crippen LogP contribution in [-0.2, 0) is 4.79 Å². The van der Waals surface area contributed by atoms with Crippen LogP contribution in [0.25, 0.3) is 0 Å². The Morgan fingerprint density at radius 3 is 2.63 bits per heavy atom. The fourth-order valence-corrected chi connectivity index (χ4v) is 1.41. The molecule has 0 heterocycles. The van der Waals surface area contributed by atoms with E-state index in [1.165, 1.54) is 0 Å². The molecule has 0 aliphatic carbocycles. The van der Waals surface area contributed by atoms with Gasteiger partial charge in [-0.25, -0.2) is 4.39 Å². The summed E-state index contributed by atoms with van der Waals surface area (Å²) >= 11 is 0. The van der Waals surface area contributed by atoms with E-state index in [4.69, 9.17) is 5.73 Å². The first-order valence-corrected chi connectivity index (χ1v) is 5.71. The molecule has 1 aromatic carbocycles. The number of hydrogen-bond acceptors (Lipinski definition) is 4. The molecule has 0 saturated heterocycles. The maximum absolute atomic E-state index is 13.1. The van der Waals surface area contributed by atoms with Crippen molar-refractivity contribution in [1.29, 1.82) is 0 Å². The third-order valence-electron chi connectivity index (χ3n) is 2.37. The zero-order valence-corrected chi connectivity index (χ0v) is 10.8. The van der Waals surface area contributed by atoms with Gasteiger partial charge >= 0.3 is 0 Å². The van der Waals surface area contributed by atoms with Crippen molar-refractivity contribution in [3.8, 4) is 0 Å². The minimum atomic E-state index is -0.774. The van der Waals surface area contributed by atoms with Gasteiger partial charge in [-0.1, -0.05) is 0 Å². The molecule has 0 atom stereocenters. The van der Waals surface area contributed by atoms with E-state index in [0.717, 1.165) is 18.2 Å². The van der Waals surface area contributed by atoms with E-state index < -0.39 is 22.0 Å². The number of nitrogens with zero attached hydrogens (tertiary/aromatic N) is 1. The van der Waals surface area contributed by atoms with E-state index in [9.17, 15) is 19.3 Å². The number of carbonyl (C=O) groups excluding carboxylic acids is 1. The molecule has 0 bridgehead atoms. The summed E-state index contributed by atoms with van der Waals surface area (Å²) in [5, 5.41) is 13.0. The van der Waals surface area contributed by atoms with Gasteiger partial charge in [0.1, 0.15) is 5.82 Å². The predicted molar refractivity (Wildman–Crippen MR) is 69.2 cm³/mol. The van der Waals surface area contributed by atoms with Crippen LogP contribution in [0.4, 0.5) is 15.8 Å². The van der Waals surface area contributed by atoms with Crippen LogP contribution in [0.5, 0.6) is 0 Å². The second-order valence-electron chi connectivity index (χ2n) is 4.99. The van der Waals surface area contributed by atoms with Gasteiger partial charge in [-0.3, -0.25) is 14.9 Å². The van der Waals surface area contributed by atoms with Gasteiger partial charge in [0.15, 0.2) is 0 Å². The van der Waals surface area contributed by atoms with Gasteiger partial charge in [0.05, 0.1) is 16.7 Å². The maximum atomic E-state index is 13.1. The molecule has 0 unspecified atom stereocenters. The second-order valence-corrected chi connectivity index (χ2v) is 4.99. The minimum absolute atomic E-state index is 0.0616. The normalized spacial score (nSPS) is 11.2. The lowest BCUT2D eigenvalue weighted by atomic mass is 10.00. The van der Waals surface area contributed by atoms with Crippen LogP contribution in [0.15, 0.2) is 18.2 Å². The van der Waals surface area contributed by atoms with E-state index in [0.29, 0.717) is 6.42 Å². The number of rotatable bonds is 5. The van der Waals surface area contributed by atoms with Crippen molar-refractivity contribution in [2.75, 3.05) is 5.32 Å². The molecule has 19 heavy (non-hydrogen) atoms. The standard InChI is InChI=1S/C12H16FN3O3/c1-12(2,14)4-3-11(17)15-9-5-8(13)6-10(7-9)16(18)19/h5-7H,3-4,14H2,1-2H3,(H,15,17). The number of nitrogens with one attached hydrogen (secondary N) is 1. The van der Waals surface area contributed by atoms with Gasteiger partial charge in [-0.15, -0.1) is 0 Å². The van der Waals surface area contributed by atoms with Crippen molar-refractivity contribution in [2.24, 2.45) is 5.73 Å². The topological polar surface area (TPSA) is 98.3 Å². The molecule has 0 saturated carbocycles. The van der Waals surface area contributed by atoms with Crippen molar-refractivity contribution < 1.29 is 14.1 Å². The van der Waals surface area contributed by atoms with Crippen molar-refractivity contribution in [3.63, 3.8) is 0 Å². The van der Waals surface area contributed by atoms with Crippen molar-refractivity contribution >= 4 is 17.3 Å². The Bertz CT molecular complexity index is 497. The highest BCUT2D eigenvalue weighted by Gasteiger charge is 2.15. The number of halogens is 1. The molecule has 7 heteroatoms. The molecular formula is C12H16FN3O3. The Labute approximate surface area is 109 Å². The summed E-state index contributed by atoms with van der Waals surface area (Å²) in [6.45, 7) is 3.57. The number of nitro groups is 1. The molecule has 104 valence electrons. The molecule has 0 aliphatic rings. The van der Waals surface area contributed by atoms with Gasteiger partial charge in [0.2, 0.25) is 5.91 Å². The van der Waals surface area contributed by atoms with Gasteiger partial charge in [-0.2, -0.15) is 0 Å². The highest BCUT2D eigenvalue weighted by Crippen LogP contribution is 2.20. The summed E-state index contributed by atoms with van der Waals surface area (Å²) in [5.74, 6) is -1.14. The largest absolute Gasteiger partial charge is 0.326 e. The van der Waals surface area contributed by atoms with Crippen LogP contribution in [0.3, 0.4) is 0 Å². The Kier molecular flexibility index (Phi) is 4.55. The molecular weight excluding hydrogens is 253 g/mol. The van der Waals surface area contributed by atoms with Crippen LogP contribution < -0.4 is 11.1 Å². The molecule has 0 aromatic heterocycles. The number of hydrogen-bond donors (Lipinski definition) is 2. The second kappa shape index (κ2) is 5.75. The zero-order chi connectivity index (χ0) is 14.6. The zero-order valence-electron chi connectivity index (χ0n) is 10.8. The number of carbonyl (C=O) groups is 1. The summed E-state index contributed by atoms with van der Waals surface area (Å²) in [7, 11) is 0. The van der Waals surface area contributed by atoms with Crippen molar-refractivity contribution in [2.45, 2.75) is 32.2 Å². The molecule has 6 nitrogen and oxygen atoms in total. The molecule has 1 amide bonds. The lowest BCUT2D eigenvalue weighted by Gasteiger charge is -2.17. The number of non-ortho nitro benzene ring substituents is 1. The monoisotopic (exact) mass is 269 g/mol. The Balaban J connectivity index is 2.71. The first-order chi connectivity index (χ1) is 8.67. The van der Waals surface area contributed by atoms with Crippen LogP contribution in [-0.4, -0.2) is 16.4 Å². The van der Waals surface area contributed by atoms with Crippen LogP contribution in [0, 0.1) is 15.9 Å². The molecule has 0 spiro atoms. The molecule has 0 radical (unpaired) electrons. The van der Waals surface area contributed by atoms with E-state index >= 15 is 0 Å². The average Bonchev–Trinajstić information content (AvgIpc) is 2.24. The number of anilines is 1.